The van der Waals surface area contributed by atoms with Gasteiger partial charge in [-0.2, -0.15) is 13.2 Å². The highest BCUT2D eigenvalue weighted by atomic mass is 19.4. The Morgan fingerprint density at radius 1 is 0.846 bits per heavy atom. The van der Waals surface area contributed by atoms with E-state index in [1.54, 1.807) is 12.1 Å². The molecule has 2 aromatic carbocycles. The first-order valence-corrected chi connectivity index (χ1v) is 13.0. The number of alkyl halides is 6. The molecule has 0 spiro atoms. The van der Waals surface area contributed by atoms with Gasteiger partial charge in [0, 0.05) is 63.1 Å². The average Bonchev–Trinajstić information content (AvgIpc) is 2.89. The number of nitrogens with one attached hydrogen (secondary N) is 1. The molecule has 214 valence electrons. The maximum absolute atomic E-state index is 12.8. The summed E-state index contributed by atoms with van der Waals surface area (Å²) in [4.78, 5) is 18.9. The van der Waals surface area contributed by atoms with E-state index in [2.05, 4.69) is 19.9 Å². The molecule has 0 aliphatic carbocycles. The summed E-state index contributed by atoms with van der Waals surface area (Å²) in [6.07, 6.45) is -6.37. The summed E-state index contributed by atoms with van der Waals surface area (Å²) in [6.45, 7) is 5.05. The summed E-state index contributed by atoms with van der Waals surface area (Å²) in [7, 11) is 0. The van der Waals surface area contributed by atoms with Crippen molar-refractivity contribution in [1.82, 2.24) is 9.80 Å². The minimum atomic E-state index is -4.72. The van der Waals surface area contributed by atoms with Crippen LogP contribution in [0.1, 0.15) is 31.2 Å². The van der Waals surface area contributed by atoms with Crippen LogP contribution in [0.3, 0.4) is 0 Å². The average molecular weight is 559 g/mol. The van der Waals surface area contributed by atoms with Gasteiger partial charge in [-0.3, -0.25) is 9.69 Å². The molecule has 2 aliphatic heterocycles. The third-order valence-electron chi connectivity index (χ3n) is 7.10. The van der Waals surface area contributed by atoms with Gasteiger partial charge in [0.1, 0.15) is 5.75 Å². The molecule has 0 radical (unpaired) electrons. The highest BCUT2D eigenvalue weighted by molar-refractivity contribution is 5.76. The maximum atomic E-state index is 12.8. The second-order valence-corrected chi connectivity index (χ2v) is 9.85. The zero-order valence-corrected chi connectivity index (χ0v) is 21.4. The van der Waals surface area contributed by atoms with Gasteiger partial charge in [0.05, 0.1) is 5.56 Å². The molecule has 39 heavy (non-hydrogen) atoms. The molecule has 4 rings (SSSR count). The number of piperazine rings is 1. The molecule has 2 saturated heterocycles. The number of piperidine rings is 1. The molecule has 2 aliphatic rings. The van der Waals surface area contributed by atoms with Crippen LogP contribution in [0.15, 0.2) is 48.5 Å². The number of benzene rings is 2. The normalized spacial score (nSPS) is 17.8. The summed E-state index contributed by atoms with van der Waals surface area (Å²) in [5, 5.41) is 3.31. The van der Waals surface area contributed by atoms with Gasteiger partial charge in [0.25, 0.3) is 0 Å². The number of hydrogen-bond acceptors (Lipinski definition) is 5. The van der Waals surface area contributed by atoms with Gasteiger partial charge < -0.3 is 19.9 Å². The number of carbonyl (C=O) groups is 1. The van der Waals surface area contributed by atoms with Crippen LogP contribution in [-0.4, -0.2) is 73.9 Å². The van der Waals surface area contributed by atoms with Crippen LogP contribution in [0.4, 0.5) is 37.7 Å². The van der Waals surface area contributed by atoms with Gasteiger partial charge in [-0.25, -0.2) is 0 Å². The lowest BCUT2D eigenvalue weighted by molar-refractivity contribution is -0.274. The van der Waals surface area contributed by atoms with Gasteiger partial charge in [0.15, 0.2) is 0 Å². The number of anilines is 2. The Hall–Kier alpha value is -3.15. The fourth-order valence-corrected chi connectivity index (χ4v) is 4.96. The van der Waals surface area contributed by atoms with Crippen LogP contribution in [0, 0.1) is 0 Å². The molecule has 0 atom stereocenters. The molecule has 0 saturated carbocycles. The first-order chi connectivity index (χ1) is 18.5. The lowest BCUT2D eigenvalue weighted by atomic mass is 10.0. The van der Waals surface area contributed by atoms with E-state index in [-0.39, 0.29) is 17.7 Å². The third kappa shape index (κ3) is 8.67. The van der Waals surface area contributed by atoms with Crippen LogP contribution in [0.5, 0.6) is 5.75 Å². The summed E-state index contributed by atoms with van der Waals surface area (Å²) in [6, 6.07) is 11.0. The Kier molecular flexibility index (Phi) is 9.14. The van der Waals surface area contributed by atoms with E-state index in [9.17, 15) is 31.1 Å². The number of likely N-dealkylation sites (tertiary alicyclic amines) is 1. The van der Waals surface area contributed by atoms with Gasteiger partial charge >= 0.3 is 12.5 Å². The van der Waals surface area contributed by atoms with Crippen molar-refractivity contribution >= 4 is 17.3 Å². The number of rotatable bonds is 8. The van der Waals surface area contributed by atoms with Crippen LogP contribution in [-0.2, 0) is 11.0 Å². The zero-order chi connectivity index (χ0) is 28.0. The van der Waals surface area contributed by atoms with Crippen LogP contribution >= 0.6 is 0 Å². The lowest BCUT2D eigenvalue weighted by Gasteiger charge is -2.36. The minimum absolute atomic E-state index is 0.116. The second kappa shape index (κ2) is 12.4. The van der Waals surface area contributed by atoms with E-state index in [0.29, 0.717) is 25.2 Å². The highest BCUT2D eigenvalue weighted by Gasteiger charge is 2.31. The summed E-state index contributed by atoms with van der Waals surface area (Å²) in [5.41, 5.74) is 0.833. The molecule has 0 bridgehead atoms. The molecule has 2 heterocycles. The van der Waals surface area contributed by atoms with E-state index >= 15 is 0 Å². The molecule has 2 fully saturated rings. The standard InChI is InChI=1S/C27H32F6N4O2/c28-26(29,30)20-3-7-23(8-4-20)36-18-16-35(17-19-36)13-1-2-25(38)37-14-11-22(12-15-37)34-21-5-9-24(10-6-21)39-27(31,32)33/h3-10,22,34H,1-2,11-19H2. The van der Waals surface area contributed by atoms with Gasteiger partial charge in [0.2, 0.25) is 5.91 Å². The number of hydrogen-bond donors (Lipinski definition) is 1. The molecule has 1 amide bonds. The summed E-state index contributed by atoms with van der Waals surface area (Å²) in [5.74, 6) is -0.153. The van der Waals surface area contributed by atoms with Crippen LogP contribution in [0.25, 0.3) is 0 Å². The summed E-state index contributed by atoms with van der Waals surface area (Å²) < 4.78 is 79.1. The number of halogens is 6. The monoisotopic (exact) mass is 558 g/mol. The van der Waals surface area contributed by atoms with Crippen molar-refractivity contribution in [2.24, 2.45) is 0 Å². The van der Waals surface area contributed by atoms with Crippen molar-refractivity contribution in [3.63, 3.8) is 0 Å². The highest BCUT2D eigenvalue weighted by Crippen LogP contribution is 2.31. The van der Waals surface area contributed by atoms with E-state index in [0.717, 1.165) is 69.8 Å². The topological polar surface area (TPSA) is 48.1 Å². The summed E-state index contributed by atoms with van der Waals surface area (Å²) >= 11 is 0. The Morgan fingerprint density at radius 2 is 1.46 bits per heavy atom. The van der Waals surface area contributed by atoms with Crippen LogP contribution < -0.4 is 15.0 Å². The number of carbonyl (C=O) groups excluding carboxylic acids is 1. The number of nitrogens with zero attached hydrogens (tertiary/aromatic N) is 3. The van der Waals surface area contributed by atoms with Crippen molar-refractivity contribution in [3.05, 3.63) is 54.1 Å². The Balaban J connectivity index is 1.11. The smallest absolute Gasteiger partial charge is 0.406 e. The van der Waals surface area contributed by atoms with Gasteiger partial charge in [-0.05, 0) is 74.3 Å². The molecule has 0 unspecified atom stereocenters. The predicted octanol–water partition coefficient (Wildman–Crippen LogP) is 5.61. The largest absolute Gasteiger partial charge is 0.573 e. The second-order valence-electron chi connectivity index (χ2n) is 9.85. The van der Waals surface area contributed by atoms with E-state index in [4.69, 9.17) is 0 Å². The van der Waals surface area contributed by atoms with Crippen LogP contribution in [0.2, 0.25) is 0 Å². The number of amides is 1. The molecule has 2 aromatic rings. The first kappa shape index (κ1) is 28.8. The lowest BCUT2D eigenvalue weighted by Crippen LogP contribution is -2.47. The van der Waals surface area contributed by atoms with E-state index in [1.165, 1.54) is 24.3 Å². The molecule has 12 heteroatoms. The third-order valence-corrected chi connectivity index (χ3v) is 7.10. The molecule has 6 nitrogen and oxygen atoms in total. The maximum Gasteiger partial charge on any atom is 0.573 e. The quantitative estimate of drug-likeness (QED) is 0.427. The van der Waals surface area contributed by atoms with Gasteiger partial charge in [-0.15, -0.1) is 13.2 Å². The zero-order valence-electron chi connectivity index (χ0n) is 21.4. The predicted molar refractivity (Wildman–Crippen MR) is 136 cm³/mol. The SMILES string of the molecule is O=C(CCCN1CCN(c2ccc(C(F)(F)F)cc2)CC1)N1CCC(Nc2ccc(OC(F)(F)F)cc2)CC1. The Labute approximate surface area is 223 Å². The molecule has 1 N–H and O–H groups in total. The Morgan fingerprint density at radius 3 is 2.03 bits per heavy atom. The van der Waals surface area contributed by atoms with Crippen molar-refractivity contribution < 1.29 is 35.9 Å². The Bertz CT molecular complexity index is 1060. The van der Waals surface area contributed by atoms with Gasteiger partial charge in [-0.1, -0.05) is 0 Å². The van der Waals surface area contributed by atoms with Crippen molar-refractivity contribution in [3.8, 4) is 5.75 Å². The minimum Gasteiger partial charge on any atom is -0.406 e. The fourth-order valence-electron chi connectivity index (χ4n) is 4.96. The first-order valence-electron chi connectivity index (χ1n) is 13.0. The fraction of sp³-hybridized carbons (Fsp3) is 0.519. The molecule has 0 aromatic heterocycles. The van der Waals surface area contributed by atoms with Crippen molar-refractivity contribution in [2.45, 2.75) is 44.3 Å². The van der Waals surface area contributed by atoms with Crippen molar-refractivity contribution in [2.75, 3.05) is 56.0 Å². The van der Waals surface area contributed by atoms with Crippen molar-refractivity contribution in [1.29, 1.82) is 0 Å². The van der Waals surface area contributed by atoms with E-state index in [1.807, 2.05) is 4.90 Å². The molecular formula is C27H32F6N4O2. The van der Waals surface area contributed by atoms with E-state index < -0.39 is 18.1 Å². The molecular weight excluding hydrogens is 526 g/mol. The number of ether oxygens (including phenoxy) is 1.